The largest absolute Gasteiger partial charge is 0.0902 e. The Hall–Kier alpha value is 0.700. The number of alkyl halides is 2. The number of hydrogen-bond acceptors (Lipinski definition) is 0. The summed E-state index contributed by atoms with van der Waals surface area (Å²) in [6, 6.07) is 0. The predicted octanol–water partition coefficient (Wildman–Crippen LogP) is 3.85. The highest BCUT2D eigenvalue weighted by Crippen LogP contribution is 2.67. The van der Waals surface area contributed by atoms with Crippen molar-refractivity contribution >= 4 is 31.9 Å². The van der Waals surface area contributed by atoms with Gasteiger partial charge in [0.1, 0.15) is 0 Å². The van der Waals surface area contributed by atoms with Crippen LogP contribution in [0.1, 0.15) is 27.2 Å². The predicted molar refractivity (Wildman–Crippen MR) is 52.7 cm³/mol. The van der Waals surface area contributed by atoms with Crippen molar-refractivity contribution in [1.82, 2.24) is 0 Å². The van der Waals surface area contributed by atoms with E-state index in [9.17, 15) is 0 Å². The molecule has 0 N–H and O–H groups in total. The Bertz CT molecular complexity index is 178. The van der Waals surface area contributed by atoms with Gasteiger partial charge in [-0.05, 0) is 20.3 Å². The second-order valence-electron chi connectivity index (χ2n) is 3.52. The van der Waals surface area contributed by atoms with Crippen LogP contribution < -0.4 is 0 Å². The van der Waals surface area contributed by atoms with Crippen molar-refractivity contribution in [2.45, 2.75) is 30.4 Å². The van der Waals surface area contributed by atoms with E-state index in [1.807, 2.05) is 0 Å². The third-order valence-electron chi connectivity index (χ3n) is 1.91. The van der Waals surface area contributed by atoms with Crippen molar-refractivity contribution in [3.05, 3.63) is 11.6 Å². The molecule has 0 aliphatic heterocycles. The van der Waals surface area contributed by atoms with Crippen molar-refractivity contribution in [3.8, 4) is 0 Å². The second kappa shape index (κ2) is 2.34. The highest BCUT2D eigenvalue weighted by atomic mass is 79.9. The summed E-state index contributed by atoms with van der Waals surface area (Å²) in [7, 11) is 0. The first kappa shape index (κ1) is 8.79. The van der Waals surface area contributed by atoms with Crippen LogP contribution in [0.3, 0.4) is 0 Å². The molecule has 58 valence electrons. The standard InChI is InChI=1S/C8H12Br2/c1-6(2)4-7(3)5-8(7,9)10/h4H,5H2,1-3H3. The van der Waals surface area contributed by atoms with Gasteiger partial charge in [-0.25, -0.2) is 0 Å². The van der Waals surface area contributed by atoms with Crippen LogP contribution in [-0.4, -0.2) is 3.23 Å². The Balaban J connectivity index is 2.69. The molecule has 0 radical (unpaired) electrons. The van der Waals surface area contributed by atoms with Gasteiger partial charge >= 0.3 is 0 Å². The molecule has 1 atom stereocenters. The summed E-state index contributed by atoms with van der Waals surface area (Å²) >= 11 is 7.22. The molecule has 0 heterocycles. The minimum absolute atomic E-state index is 0.185. The molecule has 1 rings (SSSR count). The molecule has 1 saturated carbocycles. The fourth-order valence-electron chi connectivity index (χ4n) is 1.21. The SMILES string of the molecule is CC(C)=CC1(C)CC1(Br)Br. The van der Waals surface area contributed by atoms with Gasteiger partial charge in [-0.1, -0.05) is 50.4 Å². The van der Waals surface area contributed by atoms with Crippen LogP contribution in [0, 0.1) is 5.41 Å². The molecule has 0 aromatic carbocycles. The smallest absolute Gasteiger partial charge is 0.0798 e. The molecule has 0 bridgehead atoms. The van der Waals surface area contributed by atoms with E-state index in [-0.39, 0.29) is 3.23 Å². The number of allylic oxidation sites excluding steroid dienone is 2. The molecule has 2 heteroatoms. The molecular weight excluding hydrogens is 256 g/mol. The van der Waals surface area contributed by atoms with Crippen molar-refractivity contribution < 1.29 is 0 Å². The summed E-state index contributed by atoms with van der Waals surface area (Å²) in [5.41, 5.74) is 1.73. The summed E-state index contributed by atoms with van der Waals surface area (Å²) in [6.45, 7) is 6.53. The third kappa shape index (κ3) is 1.48. The lowest BCUT2D eigenvalue weighted by Gasteiger charge is -2.06. The Kier molecular flexibility index (Phi) is 2.06. The van der Waals surface area contributed by atoms with E-state index in [2.05, 4.69) is 58.7 Å². The van der Waals surface area contributed by atoms with E-state index in [1.54, 1.807) is 0 Å². The Morgan fingerprint density at radius 1 is 1.40 bits per heavy atom. The molecule has 0 nitrogen and oxygen atoms in total. The van der Waals surface area contributed by atoms with Crippen molar-refractivity contribution in [2.75, 3.05) is 0 Å². The fraction of sp³-hybridized carbons (Fsp3) is 0.750. The van der Waals surface area contributed by atoms with Gasteiger partial charge in [-0.2, -0.15) is 0 Å². The number of rotatable bonds is 1. The lowest BCUT2D eigenvalue weighted by molar-refractivity contribution is 0.738. The average molecular weight is 268 g/mol. The van der Waals surface area contributed by atoms with E-state index in [1.165, 1.54) is 12.0 Å². The van der Waals surface area contributed by atoms with Crippen molar-refractivity contribution in [2.24, 2.45) is 5.41 Å². The highest BCUT2D eigenvalue weighted by Gasteiger charge is 2.59. The minimum atomic E-state index is 0.185. The van der Waals surface area contributed by atoms with E-state index in [0.29, 0.717) is 5.41 Å². The highest BCUT2D eigenvalue weighted by molar-refractivity contribution is 9.25. The van der Waals surface area contributed by atoms with Gasteiger partial charge in [-0.3, -0.25) is 0 Å². The maximum atomic E-state index is 3.61. The number of halogens is 2. The van der Waals surface area contributed by atoms with Crippen LogP contribution in [-0.2, 0) is 0 Å². The van der Waals surface area contributed by atoms with Gasteiger partial charge in [0.15, 0.2) is 0 Å². The molecule has 1 aliphatic rings. The van der Waals surface area contributed by atoms with Crippen LogP contribution in [0.15, 0.2) is 11.6 Å². The Morgan fingerprint density at radius 3 is 1.90 bits per heavy atom. The van der Waals surface area contributed by atoms with Crippen LogP contribution in [0.5, 0.6) is 0 Å². The lowest BCUT2D eigenvalue weighted by atomic mass is 10.1. The zero-order chi connectivity index (χ0) is 7.99. The normalized spacial score (nSPS) is 35.3. The fourth-order valence-corrected chi connectivity index (χ4v) is 2.60. The summed E-state index contributed by atoms with van der Waals surface area (Å²) in [6.07, 6.45) is 3.50. The third-order valence-corrected chi connectivity index (χ3v) is 4.28. The molecule has 0 aromatic heterocycles. The van der Waals surface area contributed by atoms with Crippen molar-refractivity contribution in [3.63, 3.8) is 0 Å². The maximum Gasteiger partial charge on any atom is 0.0902 e. The molecule has 10 heavy (non-hydrogen) atoms. The first-order valence-corrected chi connectivity index (χ1v) is 5.00. The first-order chi connectivity index (χ1) is 4.37. The maximum absolute atomic E-state index is 3.61. The molecule has 1 unspecified atom stereocenters. The average Bonchev–Trinajstić information content (AvgIpc) is 2.01. The topological polar surface area (TPSA) is 0 Å². The number of hydrogen-bond donors (Lipinski definition) is 0. The van der Waals surface area contributed by atoms with Gasteiger partial charge in [0.25, 0.3) is 0 Å². The van der Waals surface area contributed by atoms with Gasteiger partial charge < -0.3 is 0 Å². The van der Waals surface area contributed by atoms with Gasteiger partial charge in [0.2, 0.25) is 0 Å². The van der Waals surface area contributed by atoms with E-state index in [0.717, 1.165) is 0 Å². The zero-order valence-corrected chi connectivity index (χ0v) is 9.71. The minimum Gasteiger partial charge on any atom is -0.0798 e. The summed E-state index contributed by atoms with van der Waals surface area (Å²) in [4.78, 5) is 0. The second-order valence-corrected chi connectivity index (χ2v) is 7.29. The molecule has 0 spiro atoms. The molecule has 1 aliphatic carbocycles. The quantitative estimate of drug-likeness (QED) is 0.500. The van der Waals surface area contributed by atoms with Crippen LogP contribution >= 0.6 is 31.9 Å². The Labute approximate surface area is 79.3 Å². The van der Waals surface area contributed by atoms with E-state index >= 15 is 0 Å². The molecule has 0 saturated heterocycles. The zero-order valence-electron chi connectivity index (χ0n) is 6.54. The Morgan fingerprint density at radius 2 is 1.80 bits per heavy atom. The van der Waals surface area contributed by atoms with Crippen LogP contribution in [0.4, 0.5) is 0 Å². The van der Waals surface area contributed by atoms with Crippen molar-refractivity contribution in [1.29, 1.82) is 0 Å². The van der Waals surface area contributed by atoms with Crippen LogP contribution in [0.25, 0.3) is 0 Å². The molecule has 0 aromatic rings. The van der Waals surface area contributed by atoms with E-state index < -0.39 is 0 Å². The lowest BCUT2D eigenvalue weighted by Crippen LogP contribution is -1.98. The van der Waals surface area contributed by atoms with Gasteiger partial charge in [-0.15, -0.1) is 0 Å². The molecular formula is C8H12Br2. The molecule has 1 fully saturated rings. The monoisotopic (exact) mass is 266 g/mol. The molecule has 0 amide bonds. The van der Waals surface area contributed by atoms with Gasteiger partial charge in [0, 0.05) is 5.41 Å². The summed E-state index contributed by atoms with van der Waals surface area (Å²) in [5, 5.41) is 0. The van der Waals surface area contributed by atoms with Crippen LogP contribution in [0.2, 0.25) is 0 Å². The summed E-state index contributed by atoms with van der Waals surface area (Å²) in [5.74, 6) is 0. The van der Waals surface area contributed by atoms with E-state index in [4.69, 9.17) is 0 Å². The first-order valence-electron chi connectivity index (χ1n) is 3.41. The van der Waals surface area contributed by atoms with Gasteiger partial charge in [0.05, 0.1) is 3.23 Å². The summed E-state index contributed by atoms with van der Waals surface area (Å²) < 4.78 is 0.185.